The van der Waals surface area contributed by atoms with Crippen molar-refractivity contribution in [3.63, 3.8) is 0 Å². The van der Waals surface area contributed by atoms with Crippen molar-refractivity contribution in [2.75, 3.05) is 13.6 Å². The molecule has 0 aliphatic heterocycles. The predicted octanol–water partition coefficient (Wildman–Crippen LogP) is 3.91. The minimum absolute atomic E-state index is 0.115. The maximum Gasteiger partial charge on any atom is 0.0640 e. The summed E-state index contributed by atoms with van der Waals surface area (Å²) < 4.78 is 0. The number of pyridine rings is 1. The van der Waals surface area contributed by atoms with E-state index in [9.17, 15) is 0 Å². The van der Waals surface area contributed by atoms with E-state index in [1.54, 1.807) is 18.5 Å². The fourth-order valence-corrected chi connectivity index (χ4v) is 2.65. The van der Waals surface area contributed by atoms with Crippen LogP contribution in [0.4, 0.5) is 0 Å². The van der Waals surface area contributed by atoms with Crippen molar-refractivity contribution in [2.45, 2.75) is 19.0 Å². The van der Waals surface area contributed by atoms with Gasteiger partial charge in [-0.3, -0.25) is 4.98 Å². The van der Waals surface area contributed by atoms with E-state index in [0.717, 1.165) is 25.1 Å². The van der Waals surface area contributed by atoms with Crippen molar-refractivity contribution in [3.05, 3.63) is 63.9 Å². The van der Waals surface area contributed by atoms with Crippen LogP contribution in [-0.4, -0.2) is 23.5 Å². The van der Waals surface area contributed by atoms with Crippen molar-refractivity contribution in [3.8, 4) is 0 Å². The molecule has 0 saturated heterocycles. The van der Waals surface area contributed by atoms with E-state index in [1.807, 2.05) is 24.3 Å². The number of nitrogens with two attached hydrogens (primary N) is 1. The number of aromatic nitrogens is 1. The Morgan fingerprint density at radius 2 is 1.90 bits per heavy atom. The first-order valence-corrected chi connectivity index (χ1v) is 7.60. The summed E-state index contributed by atoms with van der Waals surface area (Å²) in [5.74, 6) is 0. The molecule has 1 atom stereocenters. The zero-order valence-electron chi connectivity index (χ0n) is 12.0. The fourth-order valence-electron chi connectivity index (χ4n) is 2.20. The molecule has 0 fully saturated rings. The van der Waals surface area contributed by atoms with Gasteiger partial charge in [-0.1, -0.05) is 35.3 Å². The lowest BCUT2D eigenvalue weighted by Crippen LogP contribution is -2.23. The average Bonchev–Trinajstić information content (AvgIpc) is 2.48. The van der Waals surface area contributed by atoms with E-state index in [2.05, 4.69) is 16.9 Å². The van der Waals surface area contributed by atoms with Gasteiger partial charge in [0.1, 0.15) is 0 Å². The van der Waals surface area contributed by atoms with Gasteiger partial charge in [-0.2, -0.15) is 0 Å². The van der Waals surface area contributed by atoms with Crippen LogP contribution in [0.15, 0.2) is 42.7 Å². The molecule has 5 heteroatoms. The van der Waals surface area contributed by atoms with Crippen LogP contribution in [0.3, 0.4) is 0 Å². The van der Waals surface area contributed by atoms with Gasteiger partial charge in [-0.15, -0.1) is 0 Å². The predicted molar refractivity (Wildman–Crippen MR) is 88.6 cm³/mol. The summed E-state index contributed by atoms with van der Waals surface area (Å²) in [4.78, 5) is 6.25. The molecular formula is C16H19Cl2N3. The second-order valence-electron chi connectivity index (χ2n) is 5.13. The Bertz CT molecular complexity index is 575. The monoisotopic (exact) mass is 323 g/mol. The first-order chi connectivity index (χ1) is 10.1. The Labute approximate surface area is 135 Å². The second-order valence-corrected chi connectivity index (χ2v) is 5.92. The molecule has 0 aliphatic rings. The third-order valence-corrected chi connectivity index (χ3v) is 4.24. The number of halogens is 2. The van der Waals surface area contributed by atoms with Crippen LogP contribution in [0.5, 0.6) is 0 Å². The summed E-state index contributed by atoms with van der Waals surface area (Å²) >= 11 is 12.2. The minimum Gasteiger partial charge on any atom is -0.324 e. The fraction of sp³-hybridized carbons (Fsp3) is 0.312. The molecule has 3 nitrogen and oxygen atoms in total. The SMILES string of the molecule is CN(CCC(N)c1cccc(Cl)c1Cl)Cc1ccncc1. The maximum atomic E-state index is 6.23. The number of benzene rings is 1. The highest BCUT2D eigenvalue weighted by molar-refractivity contribution is 6.42. The second kappa shape index (κ2) is 7.76. The highest BCUT2D eigenvalue weighted by atomic mass is 35.5. The molecule has 1 unspecified atom stereocenters. The highest BCUT2D eigenvalue weighted by Gasteiger charge is 2.13. The quantitative estimate of drug-likeness (QED) is 0.876. The number of rotatable bonds is 6. The summed E-state index contributed by atoms with van der Waals surface area (Å²) in [5.41, 5.74) is 8.37. The zero-order chi connectivity index (χ0) is 15.2. The number of nitrogens with zero attached hydrogens (tertiary/aromatic N) is 2. The molecule has 1 aromatic heterocycles. The molecule has 2 rings (SSSR count). The molecule has 0 aliphatic carbocycles. The lowest BCUT2D eigenvalue weighted by Gasteiger charge is -2.20. The van der Waals surface area contributed by atoms with Crippen molar-refractivity contribution in [2.24, 2.45) is 5.73 Å². The Balaban J connectivity index is 1.89. The lowest BCUT2D eigenvalue weighted by molar-refractivity contribution is 0.311. The van der Waals surface area contributed by atoms with Gasteiger partial charge in [0.05, 0.1) is 10.0 Å². The minimum atomic E-state index is -0.115. The van der Waals surface area contributed by atoms with Crippen LogP contribution < -0.4 is 5.73 Å². The molecule has 0 amide bonds. The molecule has 21 heavy (non-hydrogen) atoms. The van der Waals surface area contributed by atoms with Crippen LogP contribution in [0, 0.1) is 0 Å². The van der Waals surface area contributed by atoms with Crippen molar-refractivity contribution in [1.29, 1.82) is 0 Å². The van der Waals surface area contributed by atoms with E-state index in [0.29, 0.717) is 10.0 Å². The molecule has 0 spiro atoms. The van der Waals surface area contributed by atoms with E-state index in [-0.39, 0.29) is 6.04 Å². The molecule has 2 aromatic rings. The molecular weight excluding hydrogens is 305 g/mol. The Hall–Kier alpha value is -1.13. The van der Waals surface area contributed by atoms with Crippen molar-refractivity contribution < 1.29 is 0 Å². The molecule has 1 heterocycles. The van der Waals surface area contributed by atoms with Crippen molar-refractivity contribution in [1.82, 2.24) is 9.88 Å². The number of hydrogen-bond acceptors (Lipinski definition) is 3. The van der Waals surface area contributed by atoms with Gasteiger partial charge in [-0.05, 0) is 49.3 Å². The smallest absolute Gasteiger partial charge is 0.0640 e. The maximum absolute atomic E-state index is 6.23. The van der Waals surface area contributed by atoms with Gasteiger partial charge in [0.25, 0.3) is 0 Å². The third-order valence-electron chi connectivity index (χ3n) is 3.40. The normalized spacial score (nSPS) is 12.6. The van der Waals surface area contributed by atoms with Gasteiger partial charge in [0.2, 0.25) is 0 Å². The number of hydrogen-bond donors (Lipinski definition) is 1. The summed E-state index contributed by atoms with van der Waals surface area (Å²) in [6.07, 6.45) is 4.43. The molecule has 112 valence electrons. The Morgan fingerprint density at radius 1 is 1.19 bits per heavy atom. The van der Waals surface area contributed by atoms with Crippen LogP contribution in [0.25, 0.3) is 0 Å². The molecule has 0 bridgehead atoms. The van der Waals surface area contributed by atoms with Gasteiger partial charge < -0.3 is 10.6 Å². The molecule has 1 aromatic carbocycles. The molecule has 2 N–H and O–H groups in total. The Morgan fingerprint density at radius 3 is 2.62 bits per heavy atom. The van der Waals surface area contributed by atoms with Crippen LogP contribution in [0.1, 0.15) is 23.6 Å². The van der Waals surface area contributed by atoms with Crippen molar-refractivity contribution >= 4 is 23.2 Å². The lowest BCUT2D eigenvalue weighted by atomic mass is 10.0. The summed E-state index contributed by atoms with van der Waals surface area (Å²) in [5, 5.41) is 1.11. The van der Waals surface area contributed by atoms with Gasteiger partial charge in [-0.25, -0.2) is 0 Å². The van der Waals surface area contributed by atoms with E-state index >= 15 is 0 Å². The largest absolute Gasteiger partial charge is 0.324 e. The van der Waals surface area contributed by atoms with Gasteiger partial charge in [0.15, 0.2) is 0 Å². The highest BCUT2D eigenvalue weighted by Crippen LogP contribution is 2.30. The summed E-state index contributed by atoms with van der Waals surface area (Å²) in [6.45, 7) is 1.75. The molecule has 0 saturated carbocycles. The van der Waals surface area contributed by atoms with E-state index in [1.165, 1.54) is 5.56 Å². The topological polar surface area (TPSA) is 42.1 Å². The zero-order valence-corrected chi connectivity index (χ0v) is 13.5. The summed E-state index contributed by atoms with van der Waals surface area (Å²) in [7, 11) is 2.08. The first kappa shape index (κ1) is 16.2. The van der Waals surface area contributed by atoms with Gasteiger partial charge >= 0.3 is 0 Å². The molecule has 0 radical (unpaired) electrons. The van der Waals surface area contributed by atoms with Gasteiger partial charge in [0, 0.05) is 25.0 Å². The standard InChI is InChI=1S/C16H19Cl2N3/c1-21(11-12-5-8-20-9-6-12)10-7-15(19)13-3-2-4-14(17)16(13)18/h2-6,8-9,15H,7,10-11,19H2,1H3. The van der Waals surface area contributed by atoms with Crippen LogP contribution in [0.2, 0.25) is 10.0 Å². The third kappa shape index (κ3) is 4.68. The summed E-state index contributed by atoms with van der Waals surface area (Å²) in [6, 6.07) is 9.51. The van der Waals surface area contributed by atoms with E-state index in [4.69, 9.17) is 28.9 Å². The Kier molecular flexibility index (Phi) is 6.00. The van der Waals surface area contributed by atoms with E-state index < -0.39 is 0 Å². The first-order valence-electron chi connectivity index (χ1n) is 6.85. The van der Waals surface area contributed by atoms with Crippen LogP contribution >= 0.6 is 23.2 Å². The van der Waals surface area contributed by atoms with Crippen LogP contribution in [-0.2, 0) is 6.54 Å². The average molecular weight is 324 g/mol.